The van der Waals surface area contributed by atoms with E-state index in [0.29, 0.717) is 0 Å². The molecule has 1 atom stereocenters. The Bertz CT molecular complexity index is 327. The third-order valence-electron chi connectivity index (χ3n) is 2.21. The molecule has 2 rings (SSSR count). The normalized spacial score (nSPS) is 19.8. The molecular weight excluding hydrogens is 168 g/mol. The summed E-state index contributed by atoms with van der Waals surface area (Å²) in [7, 11) is 3.57. The number of benzene rings is 1. The molecule has 0 fully saturated rings. The van der Waals surface area contributed by atoms with Crippen molar-refractivity contribution in [2.75, 3.05) is 24.4 Å². The van der Waals surface area contributed by atoms with Gasteiger partial charge in [-0.2, -0.15) is 0 Å². The minimum absolute atomic E-state index is 0.142. The molecule has 0 spiro atoms. The van der Waals surface area contributed by atoms with Crippen LogP contribution in [0.2, 0.25) is 0 Å². The van der Waals surface area contributed by atoms with Gasteiger partial charge in [-0.1, -0.05) is 0 Å². The van der Waals surface area contributed by atoms with Crippen LogP contribution >= 0.6 is 0 Å². The van der Waals surface area contributed by atoms with Gasteiger partial charge in [0.15, 0.2) is 0 Å². The topological polar surface area (TPSA) is 44.7 Å². The van der Waals surface area contributed by atoms with E-state index in [0.717, 1.165) is 11.4 Å². The molecule has 0 amide bonds. The molecule has 70 valence electrons. The van der Waals surface area contributed by atoms with Crippen molar-refractivity contribution >= 4 is 11.4 Å². The lowest BCUT2D eigenvalue weighted by Gasteiger charge is -2.19. The summed E-state index contributed by atoms with van der Waals surface area (Å²) in [6.07, 6.45) is -0.142. The zero-order valence-corrected chi connectivity index (χ0v) is 7.61. The lowest BCUT2D eigenvalue weighted by atomic mass is 10.2. The molecule has 1 aromatic rings. The van der Waals surface area contributed by atoms with E-state index < -0.39 is 0 Å². The van der Waals surface area contributed by atoms with Crippen LogP contribution < -0.4 is 10.2 Å². The van der Waals surface area contributed by atoms with Gasteiger partial charge in [0.2, 0.25) is 6.35 Å². The summed E-state index contributed by atoms with van der Waals surface area (Å²) in [5, 5.41) is 12.4. The monoisotopic (exact) mass is 180 g/mol. The van der Waals surface area contributed by atoms with E-state index in [-0.39, 0.29) is 12.1 Å². The van der Waals surface area contributed by atoms with Gasteiger partial charge >= 0.3 is 0 Å². The van der Waals surface area contributed by atoms with E-state index in [4.69, 9.17) is 4.74 Å². The van der Waals surface area contributed by atoms with Gasteiger partial charge in [-0.05, 0) is 12.1 Å². The number of nitrogens with one attached hydrogen (secondary N) is 1. The first-order valence-electron chi connectivity index (χ1n) is 4.07. The van der Waals surface area contributed by atoms with E-state index in [1.54, 1.807) is 19.2 Å². The van der Waals surface area contributed by atoms with E-state index in [2.05, 4.69) is 5.32 Å². The van der Waals surface area contributed by atoms with Crippen LogP contribution in [0, 0.1) is 0 Å². The van der Waals surface area contributed by atoms with E-state index in [1.165, 1.54) is 0 Å². The molecular formula is C9H12N2O2. The number of aromatic hydroxyl groups is 1. The number of rotatable bonds is 1. The Kier molecular flexibility index (Phi) is 1.77. The van der Waals surface area contributed by atoms with Gasteiger partial charge in [0.25, 0.3) is 0 Å². The molecule has 1 unspecified atom stereocenters. The Balaban J connectivity index is 2.38. The smallest absolute Gasteiger partial charge is 0.207 e. The first kappa shape index (κ1) is 8.19. The van der Waals surface area contributed by atoms with E-state index >= 15 is 0 Å². The minimum atomic E-state index is -0.142. The molecule has 1 aliphatic rings. The Hall–Kier alpha value is -1.42. The number of hydrogen-bond donors (Lipinski definition) is 2. The van der Waals surface area contributed by atoms with Gasteiger partial charge < -0.3 is 20.1 Å². The summed E-state index contributed by atoms with van der Waals surface area (Å²) >= 11 is 0. The highest BCUT2D eigenvalue weighted by Crippen LogP contribution is 2.35. The standard InChI is InChI=1S/C9H12N2O2/c1-11-8-4-3-6(12)5-7(8)10-9(11)13-2/h3-5,9-10,12H,1-2H3. The summed E-state index contributed by atoms with van der Waals surface area (Å²) in [5.74, 6) is 0.261. The van der Waals surface area contributed by atoms with Crippen molar-refractivity contribution in [2.45, 2.75) is 6.35 Å². The minimum Gasteiger partial charge on any atom is -0.508 e. The first-order chi connectivity index (χ1) is 6.22. The van der Waals surface area contributed by atoms with Gasteiger partial charge in [0.05, 0.1) is 11.4 Å². The molecule has 0 aliphatic carbocycles. The van der Waals surface area contributed by atoms with Crippen molar-refractivity contribution < 1.29 is 9.84 Å². The van der Waals surface area contributed by atoms with Crippen molar-refractivity contribution in [3.8, 4) is 5.75 Å². The number of fused-ring (bicyclic) bond motifs is 1. The van der Waals surface area contributed by atoms with Crippen LogP contribution in [0.1, 0.15) is 0 Å². The Morgan fingerprint density at radius 3 is 3.00 bits per heavy atom. The van der Waals surface area contributed by atoms with Gasteiger partial charge in [-0.3, -0.25) is 0 Å². The Labute approximate surface area is 76.7 Å². The predicted octanol–water partition coefficient (Wildman–Crippen LogP) is 1.18. The van der Waals surface area contributed by atoms with Crippen LogP contribution in [0.3, 0.4) is 0 Å². The Morgan fingerprint density at radius 2 is 2.31 bits per heavy atom. The fourth-order valence-corrected chi connectivity index (χ4v) is 1.52. The quantitative estimate of drug-likeness (QED) is 0.681. The molecule has 4 heteroatoms. The molecule has 13 heavy (non-hydrogen) atoms. The highest BCUT2D eigenvalue weighted by Gasteiger charge is 2.24. The number of phenols is 1. The van der Waals surface area contributed by atoms with E-state index in [1.807, 2.05) is 18.0 Å². The number of methoxy groups -OCH3 is 1. The molecule has 1 heterocycles. The van der Waals surface area contributed by atoms with Crippen LogP contribution in [-0.4, -0.2) is 25.6 Å². The first-order valence-corrected chi connectivity index (χ1v) is 4.07. The van der Waals surface area contributed by atoms with Crippen LogP contribution in [0.25, 0.3) is 0 Å². The molecule has 1 aromatic carbocycles. The number of anilines is 2. The number of ether oxygens (including phenoxy) is 1. The van der Waals surface area contributed by atoms with E-state index in [9.17, 15) is 5.11 Å². The highest BCUT2D eigenvalue weighted by atomic mass is 16.5. The number of phenolic OH excluding ortho intramolecular Hbond substituents is 1. The predicted molar refractivity (Wildman–Crippen MR) is 50.9 cm³/mol. The van der Waals surface area contributed by atoms with Crippen molar-refractivity contribution in [3.05, 3.63) is 18.2 Å². The maximum Gasteiger partial charge on any atom is 0.207 e. The molecule has 0 bridgehead atoms. The van der Waals surface area contributed by atoms with Crippen molar-refractivity contribution in [3.63, 3.8) is 0 Å². The summed E-state index contributed by atoms with van der Waals surface area (Å²) < 4.78 is 5.18. The van der Waals surface area contributed by atoms with Crippen LogP contribution in [0.5, 0.6) is 5.75 Å². The summed E-state index contributed by atoms with van der Waals surface area (Å²) in [6.45, 7) is 0. The lowest BCUT2D eigenvalue weighted by molar-refractivity contribution is 0.131. The number of nitrogens with zero attached hydrogens (tertiary/aromatic N) is 1. The van der Waals surface area contributed by atoms with Crippen LogP contribution in [0.4, 0.5) is 11.4 Å². The second-order valence-corrected chi connectivity index (χ2v) is 3.04. The molecule has 0 aromatic heterocycles. The zero-order chi connectivity index (χ0) is 9.42. The van der Waals surface area contributed by atoms with Crippen LogP contribution in [0.15, 0.2) is 18.2 Å². The molecule has 2 N–H and O–H groups in total. The molecule has 4 nitrogen and oxygen atoms in total. The fourth-order valence-electron chi connectivity index (χ4n) is 1.52. The maximum absolute atomic E-state index is 9.24. The second kappa shape index (κ2) is 2.81. The van der Waals surface area contributed by atoms with Gasteiger partial charge in [-0.15, -0.1) is 0 Å². The molecule has 0 saturated heterocycles. The molecule has 1 aliphatic heterocycles. The summed E-state index contributed by atoms with van der Waals surface area (Å²) in [5.41, 5.74) is 1.93. The summed E-state index contributed by atoms with van der Waals surface area (Å²) in [4.78, 5) is 1.97. The average Bonchev–Trinajstić information content (AvgIpc) is 2.42. The SMILES string of the molecule is COC1Nc2cc(O)ccc2N1C. The molecule has 0 radical (unpaired) electrons. The average molecular weight is 180 g/mol. The number of hydrogen-bond acceptors (Lipinski definition) is 4. The largest absolute Gasteiger partial charge is 0.508 e. The zero-order valence-electron chi connectivity index (χ0n) is 7.61. The van der Waals surface area contributed by atoms with Gasteiger partial charge in [0.1, 0.15) is 5.75 Å². The molecule has 0 saturated carbocycles. The fraction of sp³-hybridized carbons (Fsp3) is 0.333. The highest BCUT2D eigenvalue weighted by molar-refractivity contribution is 5.76. The van der Waals surface area contributed by atoms with Crippen molar-refractivity contribution in [1.82, 2.24) is 0 Å². The third kappa shape index (κ3) is 1.19. The van der Waals surface area contributed by atoms with Gasteiger partial charge in [-0.25, -0.2) is 0 Å². The third-order valence-corrected chi connectivity index (χ3v) is 2.21. The van der Waals surface area contributed by atoms with Crippen molar-refractivity contribution in [1.29, 1.82) is 0 Å². The van der Waals surface area contributed by atoms with Crippen molar-refractivity contribution in [2.24, 2.45) is 0 Å². The van der Waals surface area contributed by atoms with Crippen LogP contribution in [-0.2, 0) is 4.74 Å². The lowest BCUT2D eigenvalue weighted by Crippen LogP contribution is -2.33. The maximum atomic E-state index is 9.24. The van der Waals surface area contributed by atoms with Gasteiger partial charge in [0, 0.05) is 20.2 Å². The second-order valence-electron chi connectivity index (χ2n) is 3.04. The Morgan fingerprint density at radius 1 is 1.54 bits per heavy atom. The summed E-state index contributed by atoms with van der Waals surface area (Å²) in [6, 6.07) is 5.20.